The first-order chi connectivity index (χ1) is 8.20. The molecule has 1 aromatic carbocycles. The van der Waals surface area contributed by atoms with E-state index in [1.54, 1.807) is 18.1 Å². The smallest absolute Gasteiger partial charge is 0.195 e. The second-order valence-electron chi connectivity index (χ2n) is 3.62. The zero-order valence-corrected chi connectivity index (χ0v) is 11.0. The first kappa shape index (κ1) is 12.4. The van der Waals surface area contributed by atoms with Crippen molar-refractivity contribution in [3.05, 3.63) is 35.1 Å². The predicted molar refractivity (Wildman–Crippen MR) is 69.3 cm³/mol. The minimum atomic E-state index is 0.619. The Balaban J connectivity index is 2.30. The van der Waals surface area contributed by atoms with E-state index in [0.717, 1.165) is 21.5 Å². The van der Waals surface area contributed by atoms with Crippen molar-refractivity contribution in [3.63, 3.8) is 0 Å². The van der Waals surface area contributed by atoms with Gasteiger partial charge in [-0.1, -0.05) is 17.7 Å². The highest BCUT2D eigenvalue weighted by atomic mass is 35.5. The molecule has 0 amide bonds. The topological polar surface area (TPSA) is 56.7 Å². The maximum Gasteiger partial charge on any atom is 0.195 e. The molecule has 2 rings (SSSR count). The van der Waals surface area contributed by atoms with Gasteiger partial charge in [-0.05, 0) is 42.4 Å². The normalized spacial score (nSPS) is 10.8. The molecule has 2 N–H and O–H groups in total. The SMILES string of the molecule is Cn1cnnc1Sc1cc(Cl)ccc1CCN. The molecule has 0 saturated heterocycles. The number of halogens is 1. The summed E-state index contributed by atoms with van der Waals surface area (Å²) in [6.07, 6.45) is 2.51. The number of aromatic nitrogens is 3. The fraction of sp³-hybridized carbons (Fsp3) is 0.273. The number of hydrogen-bond acceptors (Lipinski definition) is 4. The number of nitrogens with two attached hydrogens (primary N) is 1. The van der Waals surface area contributed by atoms with E-state index in [1.807, 2.05) is 29.8 Å². The highest BCUT2D eigenvalue weighted by Gasteiger charge is 2.08. The molecule has 0 saturated carbocycles. The summed E-state index contributed by atoms with van der Waals surface area (Å²) >= 11 is 7.56. The second kappa shape index (κ2) is 5.53. The van der Waals surface area contributed by atoms with Gasteiger partial charge in [-0.15, -0.1) is 10.2 Å². The summed E-state index contributed by atoms with van der Waals surface area (Å²) in [5.41, 5.74) is 6.78. The van der Waals surface area contributed by atoms with E-state index in [-0.39, 0.29) is 0 Å². The van der Waals surface area contributed by atoms with Crippen molar-refractivity contribution >= 4 is 23.4 Å². The van der Waals surface area contributed by atoms with Crippen LogP contribution < -0.4 is 5.73 Å². The highest BCUT2D eigenvalue weighted by molar-refractivity contribution is 7.99. The van der Waals surface area contributed by atoms with Crippen LogP contribution in [-0.4, -0.2) is 21.3 Å². The summed E-state index contributed by atoms with van der Waals surface area (Å²) in [7, 11) is 1.91. The van der Waals surface area contributed by atoms with Gasteiger partial charge in [-0.3, -0.25) is 0 Å². The van der Waals surface area contributed by atoms with E-state index in [0.29, 0.717) is 6.54 Å². The number of nitrogens with zero attached hydrogens (tertiary/aromatic N) is 3. The summed E-state index contributed by atoms with van der Waals surface area (Å²) in [6.45, 7) is 0.619. The van der Waals surface area contributed by atoms with Crippen LogP contribution in [0, 0.1) is 0 Å². The Kier molecular flexibility index (Phi) is 4.04. The van der Waals surface area contributed by atoms with Crippen LogP contribution in [0.3, 0.4) is 0 Å². The van der Waals surface area contributed by atoms with Gasteiger partial charge in [-0.2, -0.15) is 0 Å². The van der Waals surface area contributed by atoms with Gasteiger partial charge in [0.25, 0.3) is 0 Å². The fourth-order valence-electron chi connectivity index (χ4n) is 1.45. The van der Waals surface area contributed by atoms with Crippen molar-refractivity contribution in [2.75, 3.05) is 6.54 Å². The molecule has 6 heteroatoms. The molecule has 1 heterocycles. The summed E-state index contributed by atoms with van der Waals surface area (Å²) in [6, 6.07) is 5.83. The van der Waals surface area contributed by atoms with Gasteiger partial charge < -0.3 is 10.3 Å². The van der Waals surface area contributed by atoms with E-state index in [4.69, 9.17) is 17.3 Å². The molecule has 90 valence electrons. The molecule has 4 nitrogen and oxygen atoms in total. The van der Waals surface area contributed by atoms with Gasteiger partial charge in [0.2, 0.25) is 0 Å². The lowest BCUT2D eigenvalue weighted by Crippen LogP contribution is -2.03. The van der Waals surface area contributed by atoms with Gasteiger partial charge in [-0.25, -0.2) is 0 Å². The third-order valence-electron chi connectivity index (χ3n) is 2.31. The van der Waals surface area contributed by atoms with Gasteiger partial charge >= 0.3 is 0 Å². The van der Waals surface area contributed by atoms with E-state index >= 15 is 0 Å². The molecular weight excluding hydrogens is 256 g/mol. The maximum atomic E-state index is 6.01. The Morgan fingerprint density at radius 3 is 2.94 bits per heavy atom. The summed E-state index contributed by atoms with van der Waals surface area (Å²) < 4.78 is 1.87. The standard InChI is InChI=1S/C11H13ClN4S/c1-16-7-14-15-11(16)17-10-6-9(12)3-2-8(10)4-5-13/h2-3,6-7H,4-5,13H2,1H3. The average molecular weight is 269 g/mol. The zero-order valence-electron chi connectivity index (χ0n) is 9.43. The van der Waals surface area contributed by atoms with Gasteiger partial charge in [0.05, 0.1) is 0 Å². The van der Waals surface area contributed by atoms with Crippen LogP contribution in [0.5, 0.6) is 0 Å². The van der Waals surface area contributed by atoms with Crippen LogP contribution in [0.4, 0.5) is 0 Å². The Bertz CT molecular complexity index is 512. The molecular formula is C11H13ClN4S. The Hall–Kier alpha value is -1.04. The molecule has 0 unspecified atom stereocenters. The first-order valence-electron chi connectivity index (χ1n) is 5.21. The van der Waals surface area contributed by atoms with Crippen molar-refractivity contribution < 1.29 is 0 Å². The zero-order chi connectivity index (χ0) is 12.3. The Labute approximate surface area is 109 Å². The van der Waals surface area contributed by atoms with Gasteiger partial charge in [0, 0.05) is 17.0 Å². The van der Waals surface area contributed by atoms with E-state index in [1.165, 1.54) is 5.56 Å². The monoisotopic (exact) mass is 268 g/mol. The Morgan fingerprint density at radius 2 is 2.29 bits per heavy atom. The summed E-state index contributed by atoms with van der Waals surface area (Å²) in [5.74, 6) is 0. The van der Waals surface area contributed by atoms with E-state index in [9.17, 15) is 0 Å². The molecule has 2 aromatic rings. The van der Waals surface area contributed by atoms with Crippen LogP contribution in [-0.2, 0) is 13.5 Å². The molecule has 0 aliphatic rings. The molecule has 0 atom stereocenters. The summed E-state index contributed by atoms with van der Waals surface area (Å²) in [4.78, 5) is 1.08. The largest absolute Gasteiger partial charge is 0.330 e. The first-order valence-corrected chi connectivity index (χ1v) is 6.40. The van der Waals surface area contributed by atoms with Crippen LogP contribution >= 0.6 is 23.4 Å². The minimum Gasteiger partial charge on any atom is -0.330 e. The number of rotatable bonds is 4. The summed E-state index contributed by atoms with van der Waals surface area (Å²) in [5, 5.41) is 9.45. The van der Waals surface area contributed by atoms with Crippen LogP contribution in [0.15, 0.2) is 34.6 Å². The van der Waals surface area contributed by atoms with Crippen molar-refractivity contribution in [2.24, 2.45) is 12.8 Å². The van der Waals surface area contributed by atoms with Crippen molar-refractivity contribution in [1.82, 2.24) is 14.8 Å². The molecule has 0 aliphatic carbocycles. The molecule has 0 radical (unpaired) electrons. The minimum absolute atomic E-state index is 0.619. The van der Waals surface area contributed by atoms with Crippen LogP contribution in [0.1, 0.15) is 5.56 Å². The lowest BCUT2D eigenvalue weighted by molar-refractivity contribution is 0.788. The van der Waals surface area contributed by atoms with Crippen molar-refractivity contribution in [1.29, 1.82) is 0 Å². The maximum absolute atomic E-state index is 6.01. The molecule has 1 aromatic heterocycles. The highest BCUT2D eigenvalue weighted by Crippen LogP contribution is 2.31. The number of hydrogen-bond donors (Lipinski definition) is 1. The second-order valence-corrected chi connectivity index (χ2v) is 5.06. The molecule has 17 heavy (non-hydrogen) atoms. The fourth-order valence-corrected chi connectivity index (χ4v) is 2.65. The molecule has 0 fully saturated rings. The van der Waals surface area contributed by atoms with Gasteiger partial charge in [0.15, 0.2) is 5.16 Å². The third kappa shape index (κ3) is 3.00. The Morgan fingerprint density at radius 1 is 1.47 bits per heavy atom. The van der Waals surface area contributed by atoms with Crippen molar-refractivity contribution in [2.45, 2.75) is 16.5 Å². The van der Waals surface area contributed by atoms with Gasteiger partial charge in [0.1, 0.15) is 6.33 Å². The molecule has 0 aliphatic heterocycles. The lowest BCUT2D eigenvalue weighted by atomic mass is 10.1. The molecule has 0 spiro atoms. The number of benzene rings is 1. The predicted octanol–water partition coefficient (Wildman–Crippen LogP) is 2.12. The lowest BCUT2D eigenvalue weighted by Gasteiger charge is -2.08. The number of aryl methyl sites for hydroxylation is 1. The van der Waals surface area contributed by atoms with E-state index in [2.05, 4.69) is 10.2 Å². The van der Waals surface area contributed by atoms with Crippen molar-refractivity contribution in [3.8, 4) is 0 Å². The average Bonchev–Trinajstić information content (AvgIpc) is 2.69. The third-order valence-corrected chi connectivity index (χ3v) is 3.70. The van der Waals surface area contributed by atoms with E-state index < -0.39 is 0 Å². The molecule has 0 bridgehead atoms. The quantitative estimate of drug-likeness (QED) is 0.923. The van der Waals surface area contributed by atoms with Crippen LogP contribution in [0.25, 0.3) is 0 Å². The van der Waals surface area contributed by atoms with Crippen LogP contribution in [0.2, 0.25) is 5.02 Å².